The van der Waals surface area contributed by atoms with Gasteiger partial charge in [-0.05, 0) is 51.8 Å². The van der Waals surface area contributed by atoms with Crippen LogP contribution in [-0.4, -0.2) is 39.0 Å². The number of hydrogen-bond acceptors (Lipinski definition) is 3. The quantitative estimate of drug-likeness (QED) is 0.817. The van der Waals surface area contributed by atoms with E-state index in [1.54, 1.807) is 30.3 Å². The van der Waals surface area contributed by atoms with Crippen molar-refractivity contribution in [1.29, 1.82) is 0 Å². The third kappa shape index (κ3) is 9.93. The summed E-state index contributed by atoms with van der Waals surface area (Å²) in [7, 11) is 2.00. The van der Waals surface area contributed by atoms with E-state index >= 15 is 0 Å². The van der Waals surface area contributed by atoms with Gasteiger partial charge in [0, 0.05) is 0 Å². The molecule has 5 nitrogen and oxygen atoms in total. The van der Waals surface area contributed by atoms with Gasteiger partial charge in [-0.15, -0.1) is 0 Å². The molecule has 0 fully saturated rings. The molecule has 0 atom stereocenters. The summed E-state index contributed by atoms with van der Waals surface area (Å²) in [5.74, 6) is 0.118. The molecule has 121 valence electrons. The molecule has 2 aromatic carbocycles. The van der Waals surface area contributed by atoms with E-state index in [0.717, 1.165) is 5.56 Å². The molecule has 2 aromatic rings. The van der Waals surface area contributed by atoms with E-state index in [4.69, 9.17) is 4.55 Å². The SMILES string of the molecule is CN(C)C.Cc1ccccc1[O].O=S(=O)(O)c1ccccc1. The maximum atomic E-state index is 10.6. The summed E-state index contributed by atoms with van der Waals surface area (Å²) in [6, 6.07) is 14.4. The van der Waals surface area contributed by atoms with Crippen LogP contribution in [0.1, 0.15) is 5.56 Å². The highest BCUT2D eigenvalue weighted by Gasteiger charge is 2.05. The zero-order chi connectivity index (χ0) is 17.2. The van der Waals surface area contributed by atoms with E-state index in [1.807, 2.05) is 45.1 Å². The van der Waals surface area contributed by atoms with E-state index in [0.29, 0.717) is 0 Å². The zero-order valence-electron chi connectivity index (χ0n) is 13.2. The fourth-order valence-electron chi connectivity index (χ4n) is 1.15. The minimum absolute atomic E-state index is 0.0741. The van der Waals surface area contributed by atoms with E-state index in [2.05, 4.69) is 0 Å². The second kappa shape index (κ2) is 9.94. The molecular formula is C16H22NO4S. The predicted octanol–water partition coefficient (Wildman–Crippen LogP) is 3.25. The van der Waals surface area contributed by atoms with Gasteiger partial charge in [0.25, 0.3) is 10.1 Å². The van der Waals surface area contributed by atoms with Crippen LogP contribution < -0.4 is 0 Å². The molecule has 1 radical (unpaired) electrons. The van der Waals surface area contributed by atoms with Crippen LogP contribution in [0.2, 0.25) is 0 Å². The smallest absolute Gasteiger partial charge is 0.294 e. The fourth-order valence-corrected chi connectivity index (χ4v) is 1.65. The molecule has 0 aliphatic rings. The van der Waals surface area contributed by atoms with Crippen molar-refractivity contribution in [1.82, 2.24) is 4.90 Å². The van der Waals surface area contributed by atoms with Crippen LogP contribution in [-0.2, 0) is 15.2 Å². The predicted molar refractivity (Wildman–Crippen MR) is 87.2 cm³/mol. The monoisotopic (exact) mass is 324 g/mol. The Labute approximate surface area is 132 Å². The molecule has 2 rings (SSSR count). The third-order valence-corrected chi connectivity index (χ3v) is 3.00. The van der Waals surface area contributed by atoms with Crippen molar-refractivity contribution in [2.45, 2.75) is 11.8 Å². The summed E-state index contributed by atoms with van der Waals surface area (Å²) >= 11 is 0. The van der Waals surface area contributed by atoms with Gasteiger partial charge in [-0.3, -0.25) is 9.66 Å². The Bertz CT molecular complexity index is 616. The highest BCUT2D eigenvalue weighted by atomic mass is 32.2. The van der Waals surface area contributed by atoms with E-state index in [1.165, 1.54) is 12.1 Å². The Morgan fingerprint density at radius 1 is 0.864 bits per heavy atom. The molecule has 1 N–H and O–H groups in total. The van der Waals surface area contributed by atoms with Gasteiger partial charge in [0.1, 0.15) is 0 Å². The molecular weight excluding hydrogens is 302 g/mol. The summed E-state index contributed by atoms with van der Waals surface area (Å²) in [5, 5.41) is 10.6. The summed E-state index contributed by atoms with van der Waals surface area (Å²) in [6.45, 7) is 1.81. The van der Waals surface area contributed by atoms with Crippen molar-refractivity contribution in [2.24, 2.45) is 0 Å². The van der Waals surface area contributed by atoms with E-state index in [9.17, 15) is 13.5 Å². The molecule has 0 saturated heterocycles. The highest BCUT2D eigenvalue weighted by molar-refractivity contribution is 7.85. The van der Waals surface area contributed by atoms with Gasteiger partial charge in [0.05, 0.1) is 4.90 Å². The molecule has 0 bridgehead atoms. The van der Waals surface area contributed by atoms with Crippen LogP contribution in [0.15, 0.2) is 59.5 Å². The number of benzene rings is 2. The number of rotatable bonds is 1. The lowest BCUT2D eigenvalue weighted by atomic mass is 10.2. The first kappa shape index (κ1) is 20.1. The van der Waals surface area contributed by atoms with Gasteiger partial charge in [0.2, 0.25) is 0 Å². The second-order valence-corrected chi connectivity index (χ2v) is 6.32. The Morgan fingerprint density at radius 2 is 1.27 bits per heavy atom. The Morgan fingerprint density at radius 3 is 1.55 bits per heavy atom. The average molecular weight is 324 g/mol. The Hall–Kier alpha value is -1.89. The van der Waals surface area contributed by atoms with Crippen molar-refractivity contribution < 1.29 is 18.1 Å². The zero-order valence-corrected chi connectivity index (χ0v) is 14.0. The largest absolute Gasteiger partial charge is 0.312 e. The van der Waals surface area contributed by atoms with Crippen molar-refractivity contribution >= 4 is 10.1 Å². The van der Waals surface area contributed by atoms with Crippen LogP contribution in [0.25, 0.3) is 0 Å². The van der Waals surface area contributed by atoms with Crippen LogP contribution >= 0.6 is 0 Å². The molecule has 0 unspecified atom stereocenters. The molecule has 0 heterocycles. The fraction of sp³-hybridized carbons (Fsp3) is 0.250. The van der Waals surface area contributed by atoms with E-state index in [-0.39, 0.29) is 10.6 Å². The third-order valence-electron chi connectivity index (χ3n) is 2.13. The molecule has 0 aliphatic heterocycles. The molecule has 0 aromatic heterocycles. The Kier molecular flexibility index (Phi) is 9.09. The molecule has 0 spiro atoms. The highest BCUT2D eigenvalue weighted by Crippen LogP contribution is 2.13. The molecule has 6 heteroatoms. The lowest BCUT2D eigenvalue weighted by Crippen LogP contribution is -1.99. The normalized spacial score (nSPS) is 10.1. The van der Waals surface area contributed by atoms with Crippen LogP contribution in [0.5, 0.6) is 5.75 Å². The van der Waals surface area contributed by atoms with Gasteiger partial charge >= 0.3 is 0 Å². The maximum absolute atomic E-state index is 10.6. The Balaban J connectivity index is 0.000000330. The summed E-state index contributed by atoms with van der Waals surface area (Å²) in [5.41, 5.74) is 0.813. The van der Waals surface area contributed by atoms with Gasteiger partial charge in [-0.25, -0.2) is 0 Å². The number of para-hydroxylation sites is 1. The van der Waals surface area contributed by atoms with Gasteiger partial charge in [-0.1, -0.05) is 36.4 Å². The summed E-state index contributed by atoms with van der Waals surface area (Å²) < 4.78 is 29.2. The van der Waals surface area contributed by atoms with Crippen LogP contribution in [0.4, 0.5) is 0 Å². The lowest BCUT2D eigenvalue weighted by molar-refractivity contribution is 0.352. The summed E-state index contributed by atoms with van der Waals surface area (Å²) in [6.07, 6.45) is 0. The van der Waals surface area contributed by atoms with Crippen LogP contribution in [0, 0.1) is 6.92 Å². The van der Waals surface area contributed by atoms with Crippen molar-refractivity contribution in [3.63, 3.8) is 0 Å². The first-order valence-corrected chi connectivity index (χ1v) is 7.94. The first-order valence-electron chi connectivity index (χ1n) is 6.50. The minimum Gasteiger partial charge on any atom is -0.312 e. The molecule has 0 saturated carbocycles. The van der Waals surface area contributed by atoms with Gasteiger partial charge in [0.15, 0.2) is 5.75 Å². The topological polar surface area (TPSA) is 77.5 Å². The van der Waals surface area contributed by atoms with Crippen LogP contribution in [0.3, 0.4) is 0 Å². The second-order valence-electron chi connectivity index (χ2n) is 4.90. The average Bonchev–Trinajstić information content (AvgIpc) is 2.42. The lowest BCUT2D eigenvalue weighted by Gasteiger charge is -1.92. The molecule has 22 heavy (non-hydrogen) atoms. The first-order chi connectivity index (χ1) is 10.1. The standard InChI is InChI=1S/C7H7O.C6H6O3S.C3H9N/c1-6-4-2-3-5-7(6)8;7-10(8,9)6-4-2-1-3-5-6;1-4(2)3/h2-5H,1H3;1-5H,(H,7,8,9);1-3H3. The summed E-state index contributed by atoms with van der Waals surface area (Å²) in [4.78, 5) is 1.93. The maximum Gasteiger partial charge on any atom is 0.294 e. The van der Waals surface area contributed by atoms with Crippen molar-refractivity contribution in [3.8, 4) is 5.75 Å². The molecule has 0 aliphatic carbocycles. The van der Waals surface area contributed by atoms with Crippen molar-refractivity contribution in [3.05, 3.63) is 60.2 Å². The van der Waals surface area contributed by atoms with Gasteiger partial charge in [-0.2, -0.15) is 8.42 Å². The number of hydrogen-bond donors (Lipinski definition) is 1. The van der Waals surface area contributed by atoms with Crippen molar-refractivity contribution in [2.75, 3.05) is 21.1 Å². The number of nitrogens with zero attached hydrogens (tertiary/aromatic N) is 1. The molecule has 0 amide bonds. The van der Waals surface area contributed by atoms with E-state index < -0.39 is 10.1 Å². The van der Waals surface area contributed by atoms with Gasteiger partial charge < -0.3 is 4.90 Å². The number of aryl methyl sites for hydroxylation is 1. The minimum atomic E-state index is -4.00.